The molecular formula is C11H18N2O4S. The molecule has 1 saturated heterocycles. The predicted molar refractivity (Wildman–Crippen MR) is 64.8 cm³/mol. The summed E-state index contributed by atoms with van der Waals surface area (Å²) in [6.07, 6.45) is 1.84. The van der Waals surface area contributed by atoms with Crippen molar-refractivity contribution >= 4 is 9.84 Å². The van der Waals surface area contributed by atoms with Gasteiger partial charge in [0.2, 0.25) is 5.89 Å². The van der Waals surface area contributed by atoms with E-state index >= 15 is 0 Å². The summed E-state index contributed by atoms with van der Waals surface area (Å²) in [5.41, 5.74) is 0. The van der Waals surface area contributed by atoms with Gasteiger partial charge in [0.1, 0.15) is 9.84 Å². The maximum atomic E-state index is 11.3. The van der Waals surface area contributed by atoms with Crippen LogP contribution in [0, 0.1) is 5.92 Å². The largest absolute Gasteiger partial charge is 0.393 e. The molecule has 0 aromatic carbocycles. The van der Waals surface area contributed by atoms with Gasteiger partial charge in [0.05, 0.1) is 24.0 Å². The van der Waals surface area contributed by atoms with E-state index < -0.39 is 15.9 Å². The first-order chi connectivity index (χ1) is 8.44. The minimum absolute atomic E-state index is 0.260. The van der Waals surface area contributed by atoms with E-state index in [9.17, 15) is 13.5 Å². The molecule has 0 bridgehead atoms. The third kappa shape index (κ3) is 3.78. The molecule has 1 aromatic heterocycles. The van der Waals surface area contributed by atoms with E-state index in [1.807, 2.05) is 0 Å². The molecule has 6 nitrogen and oxygen atoms in total. The maximum Gasteiger partial charge on any atom is 0.229 e. The maximum absolute atomic E-state index is 11.3. The van der Waals surface area contributed by atoms with E-state index in [2.05, 4.69) is 10.1 Å². The molecule has 1 atom stereocenters. The highest BCUT2D eigenvalue weighted by Gasteiger charge is 2.25. The Morgan fingerprint density at radius 1 is 1.44 bits per heavy atom. The molecule has 102 valence electrons. The van der Waals surface area contributed by atoms with Gasteiger partial charge in [0, 0.05) is 6.42 Å². The summed E-state index contributed by atoms with van der Waals surface area (Å²) in [4.78, 5) is 4.19. The molecule has 18 heavy (non-hydrogen) atoms. The van der Waals surface area contributed by atoms with Crippen molar-refractivity contribution in [1.82, 2.24) is 10.1 Å². The second-order valence-corrected chi connectivity index (χ2v) is 7.26. The Bertz CT molecular complexity index is 481. The molecule has 7 heteroatoms. The Morgan fingerprint density at radius 2 is 2.11 bits per heavy atom. The van der Waals surface area contributed by atoms with Gasteiger partial charge in [-0.05, 0) is 25.7 Å². The molecule has 1 unspecified atom stereocenters. The zero-order chi connectivity index (χ0) is 13.2. The Labute approximate surface area is 106 Å². The quantitative estimate of drug-likeness (QED) is 0.852. The van der Waals surface area contributed by atoms with Crippen molar-refractivity contribution in [3.8, 4) is 0 Å². The van der Waals surface area contributed by atoms with Crippen LogP contribution in [0.4, 0.5) is 0 Å². The zero-order valence-corrected chi connectivity index (χ0v) is 11.2. The second kappa shape index (κ2) is 5.36. The first kappa shape index (κ1) is 13.5. The van der Waals surface area contributed by atoms with Crippen molar-refractivity contribution in [2.45, 2.75) is 38.7 Å². The van der Waals surface area contributed by atoms with Crippen LogP contribution in [0.3, 0.4) is 0 Å². The molecule has 1 aromatic rings. The lowest BCUT2D eigenvalue weighted by Gasteiger charge is -2.20. The predicted octanol–water partition coefficient (Wildman–Crippen LogP) is 0.360. The number of sulfone groups is 1. The Morgan fingerprint density at radius 3 is 2.72 bits per heavy atom. The van der Waals surface area contributed by atoms with Gasteiger partial charge in [-0.25, -0.2) is 8.42 Å². The van der Waals surface area contributed by atoms with E-state index in [4.69, 9.17) is 4.52 Å². The Balaban J connectivity index is 1.88. The van der Waals surface area contributed by atoms with Crippen molar-refractivity contribution in [2.24, 2.45) is 5.92 Å². The lowest BCUT2D eigenvalue weighted by atomic mass is 9.99. The average Bonchev–Trinajstić information content (AvgIpc) is 2.68. The van der Waals surface area contributed by atoms with Gasteiger partial charge >= 0.3 is 0 Å². The van der Waals surface area contributed by atoms with Gasteiger partial charge in [0.15, 0.2) is 5.82 Å². The van der Waals surface area contributed by atoms with Crippen LogP contribution >= 0.6 is 0 Å². The number of hydrogen-bond donors (Lipinski definition) is 1. The number of aromatic nitrogens is 2. The van der Waals surface area contributed by atoms with E-state index in [1.54, 1.807) is 6.92 Å². The number of hydrogen-bond acceptors (Lipinski definition) is 6. The van der Waals surface area contributed by atoms with Crippen molar-refractivity contribution in [2.75, 3.05) is 11.5 Å². The van der Waals surface area contributed by atoms with Gasteiger partial charge in [0.25, 0.3) is 0 Å². The van der Waals surface area contributed by atoms with Gasteiger partial charge in [-0.2, -0.15) is 4.98 Å². The van der Waals surface area contributed by atoms with E-state index in [0.29, 0.717) is 43.3 Å². The summed E-state index contributed by atoms with van der Waals surface area (Å²) in [7, 11) is -2.82. The third-order valence-electron chi connectivity index (χ3n) is 3.13. The Hall–Kier alpha value is -0.950. The van der Waals surface area contributed by atoms with Crippen LogP contribution in [-0.4, -0.2) is 41.3 Å². The summed E-state index contributed by atoms with van der Waals surface area (Å²) in [5.74, 6) is 1.87. The monoisotopic (exact) mass is 274 g/mol. The number of aliphatic hydroxyl groups is 1. The van der Waals surface area contributed by atoms with Gasteiger partial charge < -0.3 is 9.63 Å². The molecule has 0 amide bonds. The molecule has 2 heterocycles. The van der Waals surface area contributed by atoms with Crippen molar-refractivity contribution in [1.29, 1.82) is 0 Å². The van der Waals surface area contributed by atoms with Crippen molar-refractivity contribution in [3.63, 3.8) is 0 Å². The summed E-state index contributed by atoms with van der Waals surface area (Å²) < 4.78 is 27.6. The molecule has 1 aliphatic rings. The minimum atomic E-state index is -2.82. The van der Waals surface area contributed by atoms with Crippen molar-refractivity contribution < 1.29 is 18.0 Å². The van der Waals surface area contributed by atoms with Crippen LogP contribution in [0.2, 0.25) is 0 Å². The number of aliphatic hydroxyl groups excluding tert-OH is 1. The first-order valence-electron chi connectivity index (χ1n) is 6.14. The standard InChI is InChI=1S/C11H18N2O4S/c1-8(14)6-11-12-10(13-17-11)7-9-2-4-18(15,16)5-3-9/h8-9,14H,2-7H2,1H3. The molecule has 0 spiro atoms. The first-order valence-corrected chi connectivity index (χ1v) is 7.97. The van der Waals surface area contributed by atoms with Gasteiger partial charge in [-0.1, -0.05) is 5.16 Å². The summed E-state index contributed by atoms with van der Waals surface area (Å²) >= 11 is 0. The molecular weight excluding hydrogens is 256 g/mol. The van der Waals surface area contributed by atoms with Crippen LogP contribution in [0.15, 0.2) is 4.52 Å². The van der Waals surface area contributed by atoms with E-state index in [1.165, 1.54) is 0 Å². The molecule has 2 rings (SSSR count). The second-order valence-electron chi connectivity index (χ2n) is 4.96. The molecule has 0 radical (unpaired) electrons. The van der Waals surface area contributed by atoms with Gasteiger partial charge in [-0.3, -0.25) is 0 Å². The normalized spacial score (nSPS) is 21.9. The smallest absolute Gasteiger partial charge is 0.229 e. The highest BCUT2D eigenvalue weighted by molar-refractivity contribution is 7.91. The average molecular weight is 274 g/mol. The van der Waals surface area contributed by atoms with Crippen LogP contribution in [0.25, 0.3) is 0 Å². The zero-order valence-electron chi connectivity index (χ0n) is 10.4. The number of nitrogens with zero attached hydrogens (tertiary/aromatic N) is 2. The fraction of sp³-hybridized carbons (Fsp3) is 0.818. The molecule has 0 saturated carbocycles. The highest BCUT2D eigenvalue weighted by atomic mass is 32.2. The Kier molecular flexibility index (Phi) is 4.01. The molecule has 0 aliphatic carbocycles. The third-order valence-corrected chi connectivity index (χ3v) is 4.84. The topological polar surface area (TPSA) is 93.3 Å². The lowest BCUT2D eigenvalue weighted by molar-refractivity contribution is 0.181. The van der Waals surface area contributed by atoms with E-state index in [-0.39, 0.29) is 11.5 Å². The van der Waals surface area contributed by atoms with Crippen LogP contribution in [-0.2, 0) is 22.7 Å². The summed E-state index contributed by atoms with van der Waals surface area (Å²) in [6.45, 7) is 1.66. The molecule has 1 aliphatic heterocycles. The van der Waals surface area contributed by atoms with E-state index in [0.717, 1.165) is 0 Å². The van der Waals surface area contributed by atoms with Crippen molar-refractivity contribution in [3.05, 3.63) is 11.7 Å². The van der Waals surface area contributed by atoms with Crippen LogP contribution in [0.1, 0.15) is 31.5 Å². The molecule has 1 N–H and O–H groups in total. The summed E-state index contributed by atoms with van der Waals surface area (Å²) in [5, 5.41) is 13.1. The lowest BCUT2D eigenvalue weighted by Crippen LogP contribution is -2.24. The fourth-order valence-electron chi connectivity index (χ4n) is 2.11. The highest BCUT2D eigenvalue weighted by Crippen LogP contribution is 2.22. The SMILES string of the molecule is CC(O)Cc1nc(CC2CCS(=O)(=O)CC2)no1. The fourth-order valence-corrected chi connectivity index (χ4v) is 3.70. The van der Waals surface area contributed by atoms with Crippen LogP contribution < -0.4 is 0 Å². The number of rotatable bonds is 4. The summed E-state index contributed by atoms with van der Waals surface area (Å²) in [6, 6.07) is 0. The molecule has 1 fully saturated rings. The van der Waals surface area contributed by atoms with Crippen LogP contribution in [0.5, 0.6) is 0 Å². The van der Waals surface area contributed by atoms with Gasteiger partial charge in [-0.15, -0.1) is 0 Å². The minimum Gasteiger partial charge on any atom is -0.393 e.